The molecule has 0 saturated heterocycles. The van der Waals surface area contributed by atoms with Crippen LogP contribution in [0.2, 0.25) is 0 Å². The largest absolute Gasteiger partial charge is 0.417 e. The summed E-state index contributed by atoms with van der Waals surface area (Å²) in [6, 6.07) is 0.0659. The van der Waals surface area contributed by atoms with Gasteiger partial charge in [-0.25, -0.2) is 4.39 Å². The van der Waals surface area contributed by atoms with E-state index in [-0.39, 0.29) is 30.9 Å². The van der Waals surface area contributed by atoms with Gasteiger partial charge in [0.05, 0.1) is 36.1 Å². The van der Waals surface area contributed by atoms with Gasteiger partial charge in [-0.05, 0) is 33.8 Å². The van der Waals surface area contributed by atoms with Crippen molar-refractivity contribution < 1.29 is 32.2 Å². The zero-order valence-corrected chi connectivity index (χ0v) is 18.7. The van der Waals surface area contributed by atoms with Gasteiger partial charge in [0.25, 0.3) is 0 Å². The fraction of sp³-hybridized carbons (Fsp3) is 0.478. The predicted molar refractivity (Wildman–Crippen MR) is 115 cm³/mol. The maximum absolute atomic E-state index is 14.1. The van der Waals surface area contributed by atoms with E-state index in [1.54, 1.807) is 0 Å². The number of rotatable bonds is 11. The first kappa shape index (κ1) is 27.5. The Morgan fingerprint density at radius 2 is 1.91 bits per heavy atom. The standard InChI is InChI=1S/C23H30F4N2O3/c1-7-9-16(14-32-11-10-19(30)29-15(3)22(6,24)8-2)20-18(21(4,5)31)12-17(13-28-20)23(25,26)27/h7-9,12-13,15,31H,1-2,10-11,14H2,3-6H3,(H,29,30)/b16-9+/t15-,22?/m1/s1. The molecule has 0 aromatic carbocycles. The first-order chi connectivity index (χ1) is 14.6. The summed E-state index contributed by atoms with van der Waals surface area (Å²) in [7, 11) is 0. The Morgan fingerprint density at radius 3 is 2.41 bits per heavy atom. The minimum atomic E-state index is -4.61. The van der Waals surface area contributed by atoms with Gasteiger partial charge in [0, 0.05) is 23.8 Å². The molecule has 0 radical (unpaired) electrons. The van der Waals surface area contributed by atoms with Crippen LogP contribution in [0.1, 0.15) is 50.9 Å². The van der Waals surface area contributed by atoms with Gasteiger partial charge >= 0.3 is 6.18 Å². The molecule has 0 aliphatic heterocycles. The highest BCUT2D eigenvalue weighted by Gasteiger charge is 2.34. The first-order valence-corrected chi connectivity index (χ1v) is 9.95. The van der Waals surface area contributed by atoms with E-state index in [1.807, 2.05) is 0 Å². The molecule has 2 N–H and O–H groups in total. The van der Waals surface area contributed by atoms with Crippen LogP contribution in [0.5, 0.6) is 0 Å². The number of pyridine rings is 1. The van der Waals surface area contributed by atoms with E-state index in [9.17, 15) is 27.5 Å². The number of hydrogen-bond donors (Lipinski definition) is 2. The molecule has 1 unspecified atom stereocenters. The number of halogens is 4. The summed E-state index contributed by atoms with van der Waals surface area (Å²) >= 11 is 0. The fourth-order valence-corrected chi connectivity index (χ4v) is 2.66. The van der Waals surface area contributed by atoms with E-state index in [0.29, 0.717) is 11.8 Å². The van der Waals surface area contributed by atoms with Crippen molar-refractivity contribution in [2.24, 2.45) is 0 Å². The van der Waals surface area contributed by atoms with Gasteiger partial charge in [-0.2, -0.15) is 13.2 Å². The van der Waals surface area contributed by atoms with E-state index in [0.717, 1.165) is 12.1 Å². The Hall–Kier alpha value is -2.52. The summed E-state index contributed by atoms with van der Waals surface area (Å²) < 4.78 is 58.9. The Bertz CT molecular complexity index is 856. The van der Waals surface area contributed by atoms with Gasteiger partial charge in [0.15, 0.2) is 0 Å². The minimum absolute atomic E-state index is 0.0252. The Balaban J connectivity index is 2.92. The molecule has 178 valence electrons. The number of aromatic nitrogens is 1. The Morgan fingerprint density at radius 1 is 1.28 bits per heavy atom. The Labute approximate surface area is 185 Å². The molecule has 1 rings (SSSR count). The fourth-order valence-electron chi connectivity index (χ4n) is 2.66. The normalized spacial score (nSPS) is 15.6. The molecular formula is C23H30F4N2O3. The molecule has 1 amide bonds. The van der Waals surface area contributed by atoms with Crippen molar-refractivity contribution in [3.05, 3.63) is 60.5 Å². The zero-order valence-electron chi connectivity index (χ0n) is 18.7. The summed E-state index contributed by atoms with van der Waals surface area (Å²) in [6.45, 7) is 12.4. The van der Waals surface area contributed by atoms with E-state index < -0.39 is 35.0 Å². The third kappa shape index (κ3) is 7.87. The molecule has 2 atom stereocenters. The van der Waals surface area contributed by atoms with Crippen molar-refractivity contribution in [3.8, 4) is 0 Å². The van der Waals surface area contributed by atoms with Crippen LogP contribution in [0.3, 0.4) is 0 Å². The average molecular weight is 458 g/mol. The van der Waals surface area contributed by atoms with E-state index in [2.05, 4.69) is 23.5 Å². The number of aliphatic hydroxyl groups is 1. The molecule has 9 heteroatoms. The van der Waals surface area contributed by atoms with Crippen LogP contribution in [0.4, 0.5) is 17.6 Å². The van der Waals surface area contributed by atoms with E-state index in [4.69, 9.17) is 4.74 Å². The van der Waals surface area contributed by atoms with Crippen molar-refractivity contribution >= 4 is 11.5 Å². The van der Waals surface area contributed by atoms with Crippen molar-refractivity contribution in [1.29, 1.82) is 0 Å². The topological polar surface area (TPSA) is 71.5 Å². The number of carbonyl (C=O) groups is 1. The molecule has 0 spiro atoms. The number of carbonyl (C=O) groups excluding carboxylic acids is 1. The van der Waals surface area contributed by atoms with Gasteiger partial charge < -0.3 is 15.2 Å². The molecule has 1 aromatic heterocycles. The quantitative estimate of drug-likeness (QED) is 0.218. The second kappa shape index (κ2) is 10.9. The smallest absolute Gasteiger partial charge is 0.386 e. The number of allylic oxidation sites excluding steroid dienone is 2. The van der Waals surface area contributed by atoms with E-state index >= 15 is 0 Å². The number of nitrogens with zero attached hydrogens (tertiary/aromatic N) is 1. The third-order valence-electron chi connectivity index (χ3n) is 4.85. The minimum Gasteiger partial charge on any atom is -0.386 e. The third-order valence-corrected chi connectivity index (χ3v) is 4.85. The molecule has 1 heterocycles. The van der Waals surface area contributed by atoms with Crippen molar-refractivity contribution in [1.82, 2.24) is 10.3 Å². The van der Waals surface area contributed by atoms with Crippen LogP contribution >= 0.6 is 0 Å². The number of amides is 1. The van der Waals surface area contributed by atoms with Crippen LogP contribution in [0.25, 0.3) is 5.57 Å². The van der Waals surface area contributed by atoms with Gasteiger partial charge in [0.1, 0.15) is 5.67 Å². The molecule has 32 heavy (non-hydrogen) atoms. The summed E-state index contributed by atoms with van der Waals surface area (Å²) in [5.41, 5.74) is -3.88. The summed E-state index contributed by atoms with van der Waals surface area (Å²) in [4.78, 5) is 15.9. The Kier molecular flexibility index (Phi) is 9.35. The van der Waals surface area contributed by atoms with Crippen LogP contribution in [-0.2, 0) is 21.3 Å². The van der Waals surface area contributed by atoms with Crippen molar-refractivity contribution in [2.45, 2.75) is 57.6 Å². The SMILES string of the molecule is C=C/C=C(\COCCC(=O)N[C@H](C)C(C)(F)C=C)c1ncc(C(F)(F)F)cc1C(C)(C)O. The molecule has 0 aliphatic rings. The highest BCUT2D eigenvalue weighted by molar-refractivity contribution is 5.76. The van der Waals surface area contributed by atoms with E-state index in [1.165, 1.54) is 39.8 Å². The lowest BCUT2D eigenvalue weighted by Gasteiger charge is -2.25. The lowest BCUT2D eigenvalue weighted by atomic mass is 9.92. The maximum Gasteiger partial charge on any atom is 0.417 e. The number of hydrogen-bond acceptors (Lipinski definition) is 4. The van der Waals surface area contributed by atoms with Gasteiger partial charge in [-0.15, -0.1) is 0 Å². The van der Waals surface area contributed by atoms with Crippen molar-refractivity contribution in [3.63, 3.8) is 0 Å². The lowest BCUT2D eigenvalue weighted by Crippen LogP contribution is -2.45. The monoisotopic (exact) mass is 458 g/mol. The highest BCUT2D eigenvalue weighted by atomic mass is 19.4. The predicted octanol–water partition coefficient (Wildman–Crippen LogP) is 4.72. The van der Waals surface area contributed by atoms with Gasteiger partial charge in [-0.3, -0.25) is 9.78 Å². The molecule has 5 nitrogen and oxygen atoms in total. The number of alkyl halides is 4. The highest BCUT2D eigenvalue weighted by Crippen LogP contribution is 2.34. The molecule has 0 bridgehead atoms. The van der Waals surface area contributed by atoms with Gasteiger partial charge in [-0.1, -0.05) is 31.4 Å². The zero-order chi connectivity index (χ0) is 24.7. The van der Waals surface area contributed by atoms with Crippen LogP contribution in [-0.4, -0.2) is 40.9 Å². The maximum atomic E-state index is 14.1. The summed E-state index contributed by atoms with van der Waals surface area (Å²) in [5.74, 6) is -0.428. The second-order valence-corrected chi connectivity index (χ2v) is 8.05. The second-order valence-electron chi connectivity index (χ2n) is 8.05. The molecule has 0 fully saturated rings. The first-order valence-electron chi connectivity index (χ1n) is 9.95. The number of nitrogens with one attached hydrogen (secondary N) is 1. The van der Waals surface area contributed by atoms with Crippen LogP contribution < -0.4 is 5.32 Å². The average Bonchev–Trinajstić information content (AvgIpc) is 2.68. The molecule has 0 saturated carbocycles. The lowest BCUT2D eigenvalue weighted by molar-refractivity contribution is -0.138. The van der Waals surface area contributed by atoms with Crippen molar-refractivity contribution in [2.75, 3.05) is 13.2 Å². The molecule has 1 aromatic rings. The van der Waals surface area contributed by atoms with Crippen LogP contribution in [0.15, 0.2) is 43.6 Å². The number of ether oxygens (including phenoxy) is 1. The summed E-state index contributed by atoms with van der Waals surface area (Å²) in [5, 5.41) is 12.9. The van der Waals surface area contributed by atoms with Crippen LogP contribution in [0, 0.1) is 0 Å². The molecule has 0 aliphatic carbocycles. The summed E-state index contributed by atoms with van der Waals surface area (Å²) in [6.07, 6.45) is 0.0411. The molecular weight excluding hydrogens is 428 g/mol. The van der Waals surface area contributed by atoms with Gasteiger partial charge in [0.2, 0.25) is 5.91 Å².